The number of hydrogen-bond acceptors (Lipinski definition) is 0. The third-order valence-corrected chi connectivity index (χ3v) is 9.09. The quantitative estimate of drug-likeness (QED) is 0.253. The van der Waals surface area contributed by atoms with E-state index in [9.17, 15) is 0 Å². The standard InChI is InChI=1S/C18H12Cl4P.Au/c19-13-1-7-16(8-2-13)23(22,17-9-3-14(20)4-10-17)18-11-5-15(21)6-12-18;/h1-12H;/q+1;. The fourth-order valence-electron chi connectivity index (χ4n) is 2.39. The van der Waals surface area contributed by atoms with E-state index in [2.05, 4.69) is 0 Å². The smallest absolute Gasteiger partial charge is 0.0843 e. The zero-order valence-corrected chi connectivity index (χ0v) is 18.3. The molecular formula is C18H12AuCl4P+. The van der Waals surface area contributed by atoms with Crippen LogP contribution < -0.4 is 15.9 Å². The van der Waals surface area contributed by atoms with E-state index in [4.69, 9.17) is 46.0 Å². The van der Waals surface area contributed by atoms with E-state index < -0.39 is 6.62 Å². The number of hydrogen-bond donors (Lipinski definition) is 0. The summed E-state index contributed by atoms with van der Waals surface area (Å²) in [5.41, 5.74) is 0. The molecule has 0 saturated carbocycles. The summed E-state index contributed by atoms with van der Waals surface area (Å²) in [4.78, 5) is 0. The van der Waals surface area contributed by atoms with Gasteiger partial charge in [-0.2, -0.15) is 0 Å². The van der Waals surface area contributed by atoms with Crippen LogP contribution in [-0.2, 0) is 22.4 Å². The molecule has 1 radical (unpaired) electrons. The SMILES string of the molecule is Clc1ccc([P+](Cl)(c2ccc(Cl)cc2)c2ccc(Cl)cc2)cc1.[Au]. The topological polar surface area (TPSA) is 0 Å². The van der Waals surface area contributed by atoms with Crippen LogP contribution >= 0.6 is 52.7 Å². The van der Waals surface area contributed by atoms with Gasteiger partial charge in [-0.25, -0.2) is 0 Å². The minimum atomic E-state index is -2.29. The molecule has 0 fully saturated rings. The zero-order valence-electron chi connectivity index (χ0n) is 12.2. The van der Waals surface area contributed by atoms with E-state index in [0.29, 0.717) is 15.1 Å². The summed E-state index contributed by atoms with van der Waals surface area (Å²) < 4.78 is 0. The Morgan fingerprint density at radius 1 is 0.458 bits per heavy atom. The fourth-order valence-corrected chi connectivity index (χ4v) is 6.35. The van der Waals surface area contributed by atoms with Crippen molar-refractivity contribution in [3.8, 4) is 0 Å². The number of benzene rings is 3. The van der Waals surface area contributed by atoms with Crippen molar-refractivity contribution >= 4 is 68.6 Å². The maximum absolute atomic E-state index is 7.25. The molecule has 0 aliphatic rings. The Balaban J connectivity index is 0.00000208. The van der Waals surface area contributed by atoms with E-state index in [1.54, 1.807) is 0 Å². The van der Waals surface area contributed by atoms with Gasteiger partial charge in [-0.1, -0.05) is 34.8 Å². The van der Waals surface area contributed by atoms with Crippen molar-refractivity contribution in [2.75, 3.05) is 0 Å². The van der Waals surface area contributed by atoms with Crippen LogP contribution in [-0.4, -0.2) is 0 Å². The van der Waals surface area contributed by atoms with Crippen LogP contribution in [0.4, 0.5) is 0 Å². The molecule has 24 heavy (non-hydrogen) atoms. The Labute approximate surface area is 177 Å². The van der Waals surface area contributed by atoms with E-state index in [1.165, 1.54) is 0 Å². The second kappa shape index (κ2) is 8.58. The minimum absolute atomic E-state index is 0. The van der Waals surface area contributed by atoms with Crippen molar-refractivity contribution in [1.82, 2.24) is 0 Å². The maximum Gasteiger partial charge on any atom is 0.210 e. The molecule has 3 aromatic rings. The van der Waals surface area contributed by atoms with Gasteiger partial charge in [0, 0.05) is 37.4 Å². The van der Waals surface area contributed by atoms with Crippen molar-refractivity contribution in [2.45, 2.75) is 0 Å². The minimum Gasteiger partial charge on any atom is -0.0843 e. The van der Waals surface area contributed by atoms with E-state index in [1.807, 2.05) is 72.8 Å². The molecule has 0 unspecified atom stereocenters. The maximum atomic E-state index is 7.25. The molecule has 0 aliphatic heterocycles. The first-order valence-electron chi connectivity index (χ1n) is 6.87. The first kappa shape index (κ1) is 20.3. The molecule has 0 amide bonds. The molecule has 127 valence electrons. The molecule has 0 spiro atoms. The first-order chi connectivity index (χ1) is 11.0. The van der Waals surface area contributed by atoms with Gasteiger partial charge in [-0.15, -0.1) is 0 Å². The van der Waals surface area contributed by atoms with Crippen LogP contribution in [0, 0.1) is 0 Å². The van der Waals surface area contributed by atoms with Gasteiger partial charge in [0.2, 0.25) is 6.62 Å². The molecule has 0 N–H and O–H groups in total. The summed E-state index contributed by atoms with van der Waals surface area (Å²) in [6.45, 7) is -2.29. The molecule has 6 heteroatoms. The van der Waals surface area contributed by atoms with Gasteiger partial charge < -0.3 is 0 Å². The normalized spacial score (nSPS) is 11.0. The van der Waals surface area contributed by atoms with Gasteiger partial charge in [-0.3, -0.25) is 0 Å². The predicted octanol–water partition coefficient (Wildman–Crippen LogP) is 6.09. The Morgan fingerprint density at radius 2 is 0.667 bits per heavy atom. The Kier molecular flexibility index (Phi) is 7.26. The van der Waals surface area contributed by atoms with Crippen LogP contribution in [0.15, 0.2) is 72.8 Å². The van der Waals surface area contributed by atoms with Crippen LogP contribution in [0.25, 0.3) is 0 Å². The Hall–Kier alpha value is -0.00974. The summed E-state index contributed by atoms with van der Waals surface area (Å²) >= 11 is 25.3. The molecule has 3 rings (SSSR count). The van der Waals surface area contributed by atoms with Gasteiger partial charge in [0.05, 0.1) is 0 Å². The summed E-state index contributed by atoms with van der Waals surface area (Å²) in [6, 6.07) is 23.0. The molecule has 0 bridgehead atoms. The van der Waals surface area contributed by atoms with Crippen LogP contribution in [0.2, 0.25) is 15.1 Å². The van der Waals surface area contributed by atoms with Crippen LogP contribution in [0.1, 0.15) is 0 Å². The largest absolute Gasteiger partial charge is 0.210 e. The first-order valence-corrected chi connectivity index (χ1v) is 10.7. The van der Waals surface area contributed by atoms with Crippen molar-refractivity contribution in [3.05, 3.63) is 87.9 Å². The van der Waals surface area contributed by atoms with E-state index in [0.717, 1.165) is 15.9 Å². The van der Waals surface area contributed by atoms with Gasteiger partial charge in [0.15, 0.2) is 0 Å². The second-order valence-electron chi connectivity index (χ2n) is 5.02. The van der Waals surface area contributed by atoms with Gasteiger partial charge in [0.1, 0.15) is 27.2 Å². The van der Waals surface area contributed by atoms with Gasteiger partial charge in [-0.05, 0) is 72.8 Å². The average molecular weight is 598 g/mol. The monoisotopic (exact) mass is 596 g/mol. The summed E-state index contributed by atoms with van der Waals surface area (Å²) in [7, 11) is 0. The Morgan fingerprint density at radius 3 is 0.875 bits per heavy atom. The van der Waals surface area contributed by atoms with E-state index in [-0.39, 0.29) is 22.4 Å². The average Bonchev–Trinajstić information content (AvgIpc) is 2.56. The molecule has 0 aliphatic carbocycles. The van der Waals surface area contributed by atoms with Crippen molar-refractivity contribution in [1.29, 1.82) is 0 Å². The van der Waals surface area contributed by atoms with Crippen molar-refractivity contribution in [2.24, 2.45) is 0 Å². The summed E-state index contributed by atoms with van der Waals surface area (Å²) in [5, 5.41) is 5.16. The molecule has 0 saturated heterocycles. The number of halogens is 4. The molecule has 0 nitrogen and oxygen atoms in total. The zero-order chi connectivity index (χ0) is 16.4. The van der Waals surface area contributed by atoms with Crippen molar-refractivity contribution in [3.63, 3.8) is 0 Å². The van der Waals surface area contributed by atoms with Crippen molar-refractivity contribution < 1.29 is 22.4 Å². The fraction of sp³-hybridized carbons (Fsp3) is 0. The molecule has 3 aromatic carbocycles. The van der Waals surface area contributed by atoms with Crippen LogP contribution in [0.5, 0.6) is 0 Å². The molecular weight excluding hydrogens is 586 g/mol. The molecule has 0 heterocycles. The second-order valence-corrected chi connectivity index (χ2v) is 10.6. The third kappa shape index (κ3) is 4.21. The Bertz CT molecular complexity index is 691. The predicted molar refractivity (Wildman–Crippen MR) is 106 cm³/mol. The summed E-state index contributed by atoms with van der Waals surface area (Å²) in [5.74, 6) is 0. The van der Waals surface area contributed by atoms with Gasteiger partial charge >= 0.3 is 0 Å². The van der Waals surface area contributed by atoms with Gasteiger partial charge in [0.25, 0.3) is 0 Å². The molecule has 0 atom stereocenters. The van der Waals surface area contributed by atoms with E-state index >= 15 is 0 Å². The van der Waals surface area contributed by atoms with Crippen LogP contribution in [0.3, 0.4) is 0 Å². The third-order valence-electron chi connectivity index (χ3n) is 3.55. The number of rotatable bonds is 3. The molecule has 0 aromatic heterocycles. The summed E-state index contributed by atoms with van der Waals surface area (Å²) in [6.07, 6.45) is 0.